The molecular weight excluding hydrogens is 322 g/mol. The van der Waals surface area contributed by atoms with Crippen LogP contribution in [-0.4, -0.2) is 51.4 Å². The summed E-state index contributed by atoms with van der Waals surface area (Å²) >= 11 is 0. The smallest absolute Gasteiger partial charge is 0.261 e. The minimum Gasteiger partial charge on any atom is -0.304 e. The number of nitrogens with zero attached hydrogens (tertiary/aromatic N) is 2. The van der Waals surface area contributed by atoms with E-state index in [-0.39, 0.29) is 4.90 Å². The monoisotopic (exact) mass is 345 g/mol. The molecule has 0 unspecified atom stereocenters. The van der Waals surface area contributed by atoms with E-state index in [1.807, 2.05) is 18.2 Å². The molecule has 1 fully saturated rings. The fourth-order valence-corrected chi connectivity index (χ4v) is 3.88. The first kappa shape index (κ1) is 17.0. The van der Waals surface area contributed by atoms with Crippen molar-refractivity contribution >= 4 is 15.7 Å². The molecule has 128 valence electrons. The Balaban J connectivity index is 1.69. The highest BCUT2D eigenvalue weighted by molar-refractivity contribution is 7.92. The van der Waals surface area contributed by atoms with E-state index in [4.69, 9.17) is 0 Å². The first-order valence-electron chi connectivity index (χ1n) is 8.11. The molecule has 1 heterocycles. The van der Waals surface area contributed by atoms with Gasteiger partial charge in [0.15, 0.2) is 0 Å². The second kappa shape index (κ2) is 7.34. The Morgan fingerprint density at radius 3 is 2.38 bits per heavy atom. The molecule has 0 amide bonds. The highest BCUT2D eigenvalue weighted by Crippen LogP contribution is 2.18. The molecule has 5 nitrogen and oxygen atoms in total. The number of hydrogen-bond acceptors (Lipinski definition) is 4. The van der Waals surface area contributed by atoms with Gasteiger partial charge in [-0.2, -0.15) is 0 Å². The topological polar surface area (TPSA) is 52.6 Å². The number of hydrogen-bond donors (Lipinski definition) is 1. The largest absolute Gasteiger partial charge is 0.304 e. The molecular formula is C18H23N3O2S. The zero-order chi connectivity index (χ0) is 17.0. The maximum absolute atomic E-state index is 12.4. The molecule has 0 aromatic heterocycles. The third-order valence-electron chi connectivity index (χ3n) is 4.23. The number of benzene rings is 2. The molecule has 1 saturated heterocycles. The quantitative estimate of drug-likeness (QED) is 0.903. The summed E-state index contributed by atoms with van der Waals surface area (Å²) in [4.78, 5) is 4.99. The van der Waals surface area contributed by atoms with Crippen molar-refractivity contribution in [2.24, 2.45) is 0 Å². The standard InChI is InChI=1S/C18H23N3O2S/c1-20-10-12-21(13-11-20)15-16-6-5-7-17(14-16)19-24(22,23)18-8-3-2-4-9-18/h2-9,14,19H,10-13,15H2,1H3. The van der Waals surface area contributed by atoms with Crippen molar-refractivity contribution in [1.82, 2.24) is 9.80 Å². The van der Waals surface area contributed by atoms with E-state index in [1.165, 1.54) is 0 Å². The Morgan fingerprint density at radius 1 is 0.958 bits per heavy atom. The minimum absolute atomic E-state index is 0.273. The molecule has 2 aromatic rings. The van der Waals surface area contributed by atoms with Crippen LogP contribution in [-0.2, 0) is 16.6 Å². The van der Waals surface area contributed by atoms with Crippen molar-refractivity contribution in [1.29, 1.82) is 0 Å². The summed E-state index contributed by atoms with van der Waals surface area (Å²) in [5.41, 5.74) is 1.72. The molecule has 0 atom stereocenters. The summed E-state index contributed by atoms with van der Waals surface area (Å²) in [6.07, 6.45) is 0. The summed E-state index contributed by atoms with van der Waals surface area (Å²) in [5, 5.41) is 0. The zero-order valence-electron chi connectivity index (χ0n) is 13.9. The van der Waals surface area contributed by atoms with Gasteiger partial charge in [-0.3, -0.25) is 9.62 Å². The molecule has 1 aliphatic heterocycles. The van der Waals surface area contributed by atoms with Crippen LogP contribution in [0.15, 0.2) is 59.5 Å². The first-order chi connectivity index (χ1) is 11.5. The van der Waals surface area contributed by atoms with Crippen molar-refractivity contribution < 1.29 is 8.42 Å². The van der Waals surface area contributed by atoms with Gasteiger partial charge in [-0.05, 0) is 36.9 Å². The Morgan fingerprint density at radius 2 is 1.67 bits per heavy atom. The Bertz CT molecular complexity index is 770. The number of nitrogens with one attached hydrogen (secondary N) is 1. The van der Waals surface area contributed by atoms with Crippen LogP contribution < -0.4 is 4.72 Å². The normalized spacial score (nSPS) is 16.9. The van der Waals surface area contributed by atoms with E-state index in [2.05, 4.69) is 21.6 Å². The zero-order valence-corrected chi connectivity index (χ0v) is 14.7. The fourth-order valence-electron chi connectivity index (χ4n) is 2.81. The summed E-state index contributed by atoms with van der Waals surface area (Å²) in [7, 11) is -1.41. The van der Waals surface area contributed by atoms with Crippen LogP contribution in [0.4, 0.5) is 5.69 Å². The van der Waals surface area contributed by atoms with Crippen LogP contribution in [0.1, 0.15) is 5.56 Å². The van der Waals surface area contributed by atoms with Crippen LogP contribution in [0.5, 0.6) is 0 Å². The second-order valence-corrected chi connectivity index (χ2v) is 7.88. The van der Waals surface area contributed by atoms with Crippen LogP contribution >= 0.6 is 0 Å². The van der Waals surface area contributed by atoms with Gasteiger partial charge in [0.05, 0.1) is 4.90 Å². The molecule has 0 saturated carbocycles. The van der Waals surface area contributed by atoms with E-state index >= 15 is 0 Å². The van der Waals surface area contributed by atoms with Crippen LogP contribution in [0.2, 0.25) is 0 Å². The molecule has 0 bridgehead atoms. The number of piperazine rings is 1. The highest BCUT2D eigenvalue weighted by atomic mass is 32.2. The molecule has 0 radical (unpaired) electrons. The van der Waals surface area contributed by atoms with Gasteiger partial charge in [-0.1, -0.05) is 30.3 Å². The maximum Gasteiger partial charge on any atom is 0.261 e. The van der Waals surface area contributed by atoms with Crippen molar-refractivity contribution in [3.8, 4) is 0 Å². The van der Waals surface area contributed by atoms with E-state index in [9.17, 15) is 8.42 Å². The Hall–Kier alpha value is -1.89. The summed E-state index contributed by atoms with van der Waals surface area (Å²) in [6.45, 7) is 5.06. The predicted molar refractivity (Wildman–Crippen MR) is 96.5 cm³/mol. The van der Waals surface area contributed by atoms with Gasteiger partial charge in [0.25, 0.3) is 10.0 Å². The summed E-state index contributed by atoms with van der Waals surface area (Å²) < 4.78 is 27.5. The second-order valence-electron chi connectivity index (χ2n) is 6.20. The van der Waals surface area contributed by atoms with Gasteiger partial charge in [-0.15, -0.1) is 0 Å². The molecule has 3 rings (SSSR count). The number of likely N-dealkylation sites (N-methyl/N-ethyl adjacent to an activating group) is 1. The van der Waals surface area contributed by atoms with Gasteiger partial charge in [-0.25, -0.2) is 8.42 Å². The number of anilines is 1. The van der Waals surface area contributed by atoms with Gasteiger partial charge in [0, 0.05) is 38.4 Å². The van der Waals surface area contributed by atoms with Crippen LogP contribution in [0.25, 0.3) is 0 Å². The lowest BCUT2D eigenvalue weighted by Gasteiger charge is -2.32. The SMILES string of the molecule is CN1CCN(Cc2cccc(NS(=O)(=O)c3ccccc3)c2)CC1. The molecule has 0 aliphatic carbocycles. The first-order valence-corrected chi connectivity index (χ1v) is 9.59. The van der Waals surface area contributed by atoms with E-state index < -0.39 is 10.0 Å². The molecule has 2 aromatic carbocycles. The fraction of sp³-hybridized carbons (Fsp3) is 0.333. The van der Waals surface area contributed by atoms with Crippen molar-refractivity contribution in [2.75, 3.05) is 37.9 Å². The molecule has 6 heteroatoms. The van der Waals surface area contributed by atoms with Crippen molar-refractivity contribution in [3.05, 3.63) is 60.2 Å². The third-order valence-corrected chi connectivity index (χ3v) is 5.63. The minimum atomic E-state index is -3.54. The van der Waals surface area contributed by atoms with Crippen molar-refractivity contribution in [2.45, 2.75) is 11.4 Å². The van der Waals surface area contributed by atoms with Gasteiger partial charge in [0.1, 0.15) is 0 Å². The lowest BCUT2D eigenvalue weighted by atomic mass is 10.2. The molecule has 1 aliphatic rings. The molecule has 0 spiro atoms. The van der Waals surface area contributed by atoms with Crippen LogP contribution in [0.3, 0.4) is 0 Å². The predicted octanol–water partition coefficient (Wildman–Crippen LogP) is 2.23. The third kappa shape index (κ3) is 4.35. The van der Waals surface area contributed by atoms with E-state index in [0.29, 0.717) is 5.69 Å². The van der Waals surface area contributed by atoms with Gasteiger partial charge < -0.3 is 4.90 Å². The average Bonchev–Trinajstić information content (AvgIpc) is 2.58. The number of rotatable bonds is 5. The molecule has 24 heavy (non-hydrogen) atoms. The number of sulfonamides is 1. The lowest BCUT2D eigenvalue weighted by Crippen LogP contribution is -2.43. The van der Waals surface area contributed by atoms with Gasteiger partial charge >= 0.3 is 0 Å². The maximum atomic E-state index is 12.4. The average molecular weight is 345 g/mol. The Kier molecular flexibility index (Phi) is 5.18. The Labute approximate surface area is 144 Å². The molecule has 1 N–H and O–H groups in total. The lowest BCUT2D eigenvalue weighted by molar-refractivity contribution is 0.148. The van der Waals surface area contributed by atoms with Crippen molar-refractivity contribution in [3.63, 3.8) is 0 Å². The summed E-state index contributed by atoms with van der Waals surface area (Å²) in [5.74, 6) is 0. The van der Waals surface area contributed by atoms with E-state index in [1.54, 1.807) is 36.4 Å². The highest BCUT2D eigenvalue weighted by Gasteiger charge is 2.16. The van der Waals surface area contributed by atoms with Crippen LogP contribution in [0, 0.1) is 0 Å². The summed E-state index contributed by atoms with van der Waals surface area (Å²) in [6, 6.07) is 16.1. The van der Waals surface area contributed by atoms with Gasteiger partial charge in [0.2, 0.25) is 0 Å². The van der Waals surface area contributed by atoms with E-state index in [0.717, 1.165) is 38.3 Å².